The van der Waals surface area contributed by atoms with Crippen LogP contribution in [0.4, 0.5) is 0 Å². The van der Waals surface area contributed by atoms with Crippen molar-refractivity contribution in [3.63, 3.8) is 0 Å². The van der Waals surface area contributed by atoms with Gasteiger partial charge in [0, 0.05) is 31.7 Å². The van der Waals surface area contributed by atoms with Crippen molar-refractivity contribution in [2.75, 3.05) is 46.2 Å². The van der Waals surface area contributed by atoms with E-state index >= 15 is 0 Å². The molecule has 2 fully saturated rings. The minimum absolute atomic E-state index is 0.0996. The monoisotopic (exact) mass is 492 g/mol. The van der Waals surface area contributed by atoms with Crippen molar-refractivity contribution in [2.45, 2.75) is 32.2 Å². The molecule has 3 aliphatic heterocycles. The number of benzene rings is 2. The predicted molar refractivity (Wildman–Crippen MR) is 134 cm³/mol. The number of morpholine rings is 1. The maximum atomic E-state index is 13.3. The molecule has 0 aromatic heterocycles. The first kappa shape index (κ1) is 24.3. The molecule has 3 heterocycles. The van der Waals surface area contributed by atoms with E-state index in [1.54, 1.807) is 23.1 Å². The van der Waals surface area contributed by atoms with Crippen LogP contribution in [0.15, 0.2) is 48.0 Å². The van der Waals surface area contributed by atoms with E-state index in [4.69, 9.17) is 14.2 Å². The fraction of sp³-hybridized carbons (Fsp3) is 0.429. The van der Waals surface area contributed by atoms with Crippen molar-refractivity contribution in [1.82, 2.24) is 9.80 Å². The van der Waals surface area contributed by atoms with Gasteiger partial charge in [-0.15, -0.1) is 0 Å². The number of likely N-dealkylation sites (tertiary alicyclic amines) is 1. The van der Waals surface area contributed by atoms with E-state index in [0.29, 0.717) is 42.7 Å². The van der Waals surface area contributed by atoms with Gasteiger partial charge in [-0.1, -0.05) is 38.1 Å². The normalized spacial score (nSPS) is 21.5. The number of nitrogens with zero attached hydrogens (tertiary/aromatic N) is 2. The maximum absolute atomic E-state index is 13.3. The van der Waals surface area contributed by atoms with Crippen molar-refractivity contribution < 1.29 is 28.9 Å². The van der Waals surface area contributed by atoms with Crippen molar-refractivity contribution in [1.29, 1.82) is 0 Å². The number of Topliss-reactive ketones (excluding diaryl/α,β-unsaturated/α-hetero) is 1. The Morgan fingerprint density at radius 1 is 1.00 bits per heavy atom. The van der Waals surface area contributed by atoms with Gasteiger partial charge in [-0.05, 0) is 41.7 Å². The van der Waals surface area contributed by atoms with Crippen LogP contribution in [0.3, 0.4) is 0 Å². The summed E-state index contributed by atoms with van der Waals surface area (Å²) in [6.07, 6.45) is 0.720. The summed E-state index contributed by atoms with van der Waals surface area (Å²) in [6.45, 7) is 8.72. The van der Waals surface area contributed by atoms with E-state index < -0.39 is 17.7 Å². The van der Waals surface area contributed by atoms with Gasteiger partial charge in [-0.3, -0.25) is 14.5 Å². The van der Waals surface area contributed by atoms with E-state index in [-0.39, 0.29) is 18.1 Å². The second kappa shape index (κ2) is 10.3. The summed E-state index contributed by atoms with van der Waals surface area (Å²) in [5, 5.41) is 11.3. The van der Waals surface area contributed by atoms with Crippen LogP contribution in [-0.4, -0.2) is 72.8 Å². The van der Waals surface area contributed by atoms with Crippen molar-refractivity contribution in [3.05, 3.63) is 64.7 Å². The highest BCUT2D eigenvalue weighted by atomic mass is 16.7. The average Bonchev–Trinajstić information content (AvgIpc) is 3.47. The van der Waals surface area contributed by atoms with Crippen LogP contribution in [0.25, 0.3) is 5.76 Å². The van der Waals surface area contributed by atoms with Crippen LogP contribution in [0, 0.1) is 0 Å². The molecule has 1 atom stereocenters. The van der Waals surface area contributed by atoms with Crippen LogP contribution in [0.5, 0.6) is 11.5 Å². The van der Waals surface area contributed by atoms with E-state index in [2.05, 4.69) is 18.7 Å². The quantitative estimate of drug-likeness (QED) is 0.358. The molecule has 3 aliphatic rings. The largest absolute Gasteiger partial charge is 0.507 e. The molecule has 8 nitrogen and oxygen atoms in total. The number of ketones is 1. The van der Waals surface area contributed by atoms with E-state index in [1.165, 1.54) is 5.56 Å². The van der Waals surface area contributed by atoms with Crippen molar-refractivity contribution >= 4 is 17.4 Å². The summed E-state index contributed by atoms with van der Waals surface area (Å²) in [5.74, 6) is -0.0351. The first-order chi connectivity index (χ1) is 17.4. The zero-order chi connectivity index (χ0) is 25.2. The molecule has 1 amide bonds. The van der Waals surface area contributed by atoms with Gasteiger partial charge < -0.3 is 24.2 Å². The highest BCUT2D eigenvalue weighted by molar-refractivity contribution is 6.46. The van der Waals surface area contributed by atoms with Gasteiger partial charge in [0.25, 0.3) is 11.7 Å². The SMILES string of the molecule is CC(C)c1ccc([C@H]2C(=C(O)c3ccc4c(c3)OCO4)C(=O)C(=O)N2CCCN2CCOCC2)cc1. The predicted octanol–water partition coefficient (Wildman–Crippen LogP) is 3.68. The van der Waals surface area contributed by atoms with Crippen LogP contribution in [0.2, 0.25) is 0 Å². The molecule has 2 aromatic rings. The standard InChI is InChI=1S/C28H32N2O6/c1-18(2)19-4-6-20(7-5-19)25-24(26(31)21-8-9-22-23(16-21)36-17-35-22)27(32)28(33)30(25)11-3-10-29-12-14-34-15-13-29/h4-9,16,18,25,31H,3,10-15,17H2,1-2H3/t25-/m0/s1. The van der Waals surface area contributed by atoms with Gasteiger partial charge in [-0.2, -0.15) is 0 Å². The molecule has 2 aromatic carbocycles. The van der Waals surface area contributed by atoms with Gasteiger partial charge in [0.15, 0.2) is 11.5 Å². The number of carbonyl (C=O) groups excluding carboxylic acids is 2. The van der Waals surface area contributed by atoms with Gasteiger partial charge in [0.05, 0.1) is 24.8 Å². The molecule has 0 radical (unpaired) electrons. The number of aliphatic hydroxyl groups excluding tert-OH is 1. The molecule has 190 valence electrons. The number of amides is 1. The number of ether oxygens (including phenoxy) is 3. The molecular formula is C28H32N2O6. The Morgan fingerprint density at radius 3 is 2.44 bits per heavy atom. The molecule has 1 N–H and O–H groups in total. The van der Waals surface area contributed by atoms with Crippen molar-refractivity contribution in [3.8, 4) is 11.5 Å². The van der Waals surface area contributed by atoms with Gasteiger partial charge in [-0.25, -0.2) is 0 Å². The Hall–Kier alpha value is -3.36. The topological polar surface area (TPSA) is 88.5 Å². The summed E-state index contributed by atoms with van der Waals surface area (Å²) in [6, 6.07) is 12.3. The first-order valence-corrected chi connectivity index (χ1v) is 12.5. The second-order valence-electron chi connectivity index (χ2n) is 9.69. The van der Waals surface area contributed by atoms with E-state index in [1.807, 2.05) is 24.3 Å². The molecule has 0 saturated carbocycles. The molecular weight excluding hydrogens is 460 g/mol. The van der Waals surface area contributed by atoms with Gasteiger partial charge in [0.1, 0.15) is 5.76 Å². The number of aliphatic hydroxyl groups is 1. The fourth-order valence-electron chi connectivity index (χ4n) is 5.01. The maximum Gasteiger partial charge on any atom is 0.295 e. The summed E-state index contributed by atoms with van der Waals surface area (Å²) < 4.78 is 16.2. The minimum atomic E-state index is -0.672. The third-order valence-corrected chi connectivity index (χ3v) is 7.08. The molecule has 36 heavy (non-hydrogen) atoms. The van der Waals surface area contributed by atoms with E-state index in [0.717, 1.165) is 31.6 Å². The molecule has 0 bridgehead atoms. The summed E-state index contributed by atoms with van der Waals surface area (Å²) >= 11 is 0. The first-order valence-electron chi connectivity index (χ1n) is 12.5. The van der Waals surface area contributed by atoms with Crippen LogP contribution in [0.1, 0.15) is 48.9 Å². The Balaban J connectivity index is 1.48. The number of hydrogen-bond acceptors (Lipinski definition) is 7. The van der Waals surface area contributed by atoms with Gasteiger partial charge >= 0.3 is 0 Å². The lowest BCUT2D eigenvalue weighted by atomic mass is 9.93. The Labute approximate surface area is 211 Å². The Bertz CT molecular complexity index is 1170. The lowest BCUT2D eigenvalue weighted by Gasteiger charge is -2.29. The van der Waals surface area contributed by atoms with Gasteiger partial charge in [0.2, 0.25) is 6.79 Å². The van der Waals surface area contributed by atoms with E-state index in [9.17, 15) is 14.7 Å². The van der Waals surface area contributed by atoms with Crippen LogP contribution in [-0.2, 0) is 14.3 Å². The number of carbonyl (C=O) groups is 2. The summed E-state index contributed by atoms with van der Waals surface area (Å²) in [5.41, 5.74) is 2.47. The Kier molecular flexibility index (Phi) is 6.98. The molecule has 2 saturated heterocycles. The summed E-state index contributed by atoms with van der Waals surface area (Å²) in [7, 11) is 0. The highest BCUT2D eigenvalue weighted by Crippen LogP contribution is 2.41. The van der Waals surface area contributed by atoms with Crippen LogP contribution < -0.4 is 9.47 Å². The molecule has 8 heteroatoms. The van der Waals surface area contributed by atoms with Crippen molar-refractivity contribution in [2.24, 2.45) is 0 Å². The Morgan fingerprint density at radius 2 is 1.72 bits per heavy atom. The minimum Gasteiger partial charge on any atom is -0.507 e. The molecule has 0 unspecified atom stereocenters. The smallest absolute Gasteiger partial charge is 0.295 e. The zero-order valence-corrected chi connectivity index (χ0v) is 20.7. The van der Waals surface area contributed by atoms with Crippen LogP contribution >= 0.6 is 0 Å². The number of fused-ring (bicyclic) bond motifs is 1. The number of rotatable bonds is 7. The lowest BCUT2D eigenvalue weighted by Crippen LogP contribution is -2.38. The second-order valence-corrected chi connectivity index (χ2v) is 9.69. The third-order valence-electron chi connectivity index (χ3n) is 7.08. The zero-order valence-electron chi connectivity index (χ0n) is 20.7. The highest BCUT2D eigenvalue weighted by Gasteiger charge is 2.46. The third kappa shape index (κ3) is 4.70. The fourth-order valence-corrected chi connectivity index (χ4v) is 5.01. The molecule has 0 aliphatic carbocycles. The molecule has 5 rings (SSSR count). The lowest BCUT2D eigenvalue weighted by molar-refractivity contribution is -0.140. The molecule has 0 spiro atoms. The summed E-state index contributed by atoms with van der Waals surface area (Å²) in [4.78, 5) is 30.4. The average molecular weight is 493 g/mol. The number of hydrogen-bond donors (Lipinski definition) is 1.